The maximum absolute atomic E-state index is 12.7. The molecule has 3 heterocycles. The van der Waals surface area contributed by atoms with Gasteiger partial charge in [0.1, 0.15) is 11.5 Å². The van der Waals surface area contributed by atoms with Gasteiger partial charge in [0.25, 0.3) is 5.91 Å². The average Bonchev–Trinajstić information content (AvgIpc) is 2.72. The van der Waals surface area contributed by atoms with Crippen LogP contribution in [-0.4, -0.2) is 50.7 Å². The molecule has 30 heavy (non-hydrogen) atoms. The zero-order valence-electron chi connectivity index (χ0n) is 17.2. The Morgan fingerprint density at radius 2 is 1.80 bits per heavy atom. The van der Waals surface area contributed by atoms with Gasteiger partial charge in [-0.2, -0.15) is 0 Å². The molecule has 8 heteroatoms. The topological polar surface area (TPSA) is 102 Å². The van der Waals surface area contributed by atoms with Crippen LogP contribution in [0.25, 0.3) is 0 Å². The SMILES string of the molecule is C[C@H]1[C@H](NC(=O)c2ccc(Oc3ccc(S(C)(=O)=O)cc3N)cc2)C2CCN1CC2. The molecule has 0 aromatic heterocycles. The third kappa shape index (κ3) is 4.15. The number of piperidine rings is 3. The molecule has 3 fully saturated rings. The van der Waals surface area contributed by atoms with Crippen LogP contribution in [0, 0.1) is 5.92 Å². The summed E-state index contributed by atoms with van der Waals surface area (Å²) >= 11 is 0. The molecule has 0 saturated carbocycles. The molecule has 3 saturated heterocycles. The zero-order chi connectivity index (χ0) is 21.5. The van der Waals surface area contributed by atoms with Gasteiger partial charge in [-0.05, 0) is 81.2 Å². The number of nitrogens with two attached hydrogens (primary N) is 1. The van der Waals surface area contributed by atoms with Crippen LogP contribution >= 0.6 is 0 Å². The van der Waals surface area contributed by atoms with Crippen molar-refractivity contribution in [1.82, 2.24) is 10.2 Å². The number of carbonyl (C=O) groups is 1. The lowest BCUT2D eigenvalue weighted by Crippen LogP contribution is -2.62. The number of hydrogen-bond donors (Lipinski definition) is 2. The van der Waals surface area contributed by atoms with E-state index < -0.39 is 9.84 Å². The first-order valence-electron chi connectivity index (χ1n) is 10.1. The molecule has 0 aliphatic carbocycles. The van der Waals surface area contributed by atoms with Crippen LogP contribution in [0.2, 0.25) is 0 Å². The van der Waals surface area contributed by atoms with Crippen molar-refractivity contribution in [2.24, 2.45) is 5.92 Å². The molecule has 160 valence electrons. The van der Waals surface area contributed by atoms with Crippen LogP contribution in [0.3, 0.4) is 0 Å². The molecule has 3 aliphatic rings. The van der Waals surface area contributed by atoms with E-state index in [2.05, 4.69) is 17.1 Å². The number of fused-ring (bicyclic) bond motifs is 3. The van der Waals surface area contributed by atoms with E-state index >= 15 is 0 Å². The van der Waals surface area contributed by atoms with Crippen molar-refractivity contribution in [3.05, 3.63) is 48.0 Å². The lowest BCUT2D eigenvalue weighted by atomic mass is 9.79. The Morgan fingerprint density at radius 3 is 2.37 bits per heavy atom. The first-order valence-corrected chi connectivity index (χ1v) is 12.0. The van der Waals surface area contributed by atoms with Crippen molar-refractivity contribution >= 4 is 21.4 Å². The summed E-state index contributed by atoms with van der Waals surface area (Å²) in [6.07, 6.45) is 3.41. The fraction of sp³-hybridized carbons (Fsp3) is 0.409. The van der Waals surface area contributed by atoms with Crippen molar-refractivity contribution in [2.45, 2.75) is 36.7 Å². The molecule has 0 radical (unpaired) electrons. The van der Waals surface area contributed by atoms with Crippen molar-refractivity contribution in [3.63, 3.8) is 0 Å². The number of anilines is 1. The highest BCUT2D eigenvalue weighted by Crippen LogP contribution is 2.33. The van der Waals surface area contributed by atoms with E-state index in [1.807, 2.05) is 0 Å². The second kappa shape index (κ2) is 7.92. The fourth-order valence-corrected chi connectivity index (χ4v) is 5.09. The highest BCUT2D eigenvalue weighted by atomic mass is 32.2. The summed E-state index contributed by atoms with van der Waals surface area (Å²) in [6, 6.07) is 11.8. The minimum absolute atomic E-state index is 0.0795. The van der Waals surface area contributed by atoms with E-state index in [1.54, 1.807) is 24.3 Å². The number of nitrogen functional groups attached to an aromatic ring is 1. The van der Waals surface area contributed by atoms with Crippen LogP contribution in [0.15, 0.2) is 47.4 Å². The van der Waals surface area contributed by atoms with Gasteiger partial charge in [-0.1, -0.05) is 0 Å². The van der Waals surface area contributed by atoms with Gasteiger partial charge in [-0.15, -0.1) is 0 Å². The van der Waals surface area contributed by atoms with Gasteiger partial charge in [0, 0.05) is 23.9 Å². The number of nitrogens with one attached hydrogen (secondary N) is 1. The van der Waals surface area contributed by atoms with Crippen LogP contribution in [-0.2, 0) is 9.84 Å². The molecule has 0 spiro atoms. The van der Waals surface area contributed by atoms with Gasteiger partial charge < -0.3 is 15.8 Å². The molecule has 7 nitrogen and oxygen atoms in total. The third-order valence-electron chi connectivity index (χ3n) is 6.23. The van der Waals surface area contributed by atoms with Crippen molar-refractivity contribution in [2.75, 3.05) is 25.1 Å². The predicted molar refractivity (Wildman–Crippen MR) is 115 cm³/mol. The summed E-state index contributed by atoms with van der Waals surface area (Å²) in [5.74, 6) is 1.35. The average molecular weight is 430 g/mol. The quantitative estimate of drug-likeness (QED) is 0.709. The molecule has 5 rings (SSSR count). The minimum atomic E-state index is -3.33. The van der Waals surface area contributed by atoms with Gasteiger partial charge in [0.05, 0.1) is 10.6 Å². The van der Waals surface area contributed by atoms with E-state index in [9.17, 15) is 13.2 Å². The predicted octanol–water partition coefficient (Wildman–Crippen LogP) is 2.68. The van der Waals surface area contributed by atoms with E-state index in [0.29, 0.717) is 29.0 Å². The second-order valence-corrected chi connectivity index (χ2v) is 10.2. The lowest BCUT2D eigenvalue weighted by molar-refractivity contribution is 0.0217. The molecule has 2 aromatic carbocycles. The van der Waals surface area contributed by atoms with Gasteiger partial charge in [0.15, 0.2) is 9.84 Å². The monoisotopic (exact) mass is 429 g/mol. The van der Waals surface area contributed by atoms with Gasteiger partial charge in [-0.25, -0.2) is 8.42 Å². The molecule has 2 aromatic rings. The summed E-state index contributed by atoms with van der Waals surface area (Å²) in [5, 5.41) is 3.22. The normalized spacial score (nSPS) is 25.7. The number of benzene rings is 2. The van der Waals surface area contributed by atoms with E-state index in [1.165, 1.54) is 18.2 Å². The Kier molecular flexibility index (Phi) is 5.46. The van der Waals surface area contributed by atoms with Crippen molar-refractivity contribution in [1.29, 1.82) is 0 Å². The lowest BCUT2D eigenvalue weighted by Gasteiger charge is -2.49. The molecule has 2 bridgehead atoms. The summed E-state index contributed by atoms with van der Waals surface area (Å²) in [6.45, 7) is 4.43. The molecule has 1 amide bonds. The fourth-order valence-electron chi connectivity index (χ4n) is 4.43. The van der Waals surface area contributed by atoms with Crippen LogP contribution in [0.1, 0.15) is 30.1 Å². The maximum atomic E-state index is 12.7. The van der Waals surface area contributed by atoms with Gasteiger partial charge in [0.2, 0.25) is 0 Å². The Labute approximate surface area is 177 Å². The van der Waals surface area contributed by atoms with Crippen molar-refractivity contribution in [3.8, 4) is 11.5 Å². The minimum Gasteiger partial charge on any atom is -0.455 e. The van der Waals surface area contributed by atoms with E-state index in [0.717, 1.165) is 32.2 Å². The third-order valence-corrected chi connectivity index (χ3v) is 7.34. The van der Waals surface area contributed by atoms with Gasteiger partial charge >= 0.3 is 0 Å². The molecule has 3 aliphatic heterocycles. The standard InChI is InChI=1S/C22H27N3O4S/c1-14-21(15-9-11-25(14)12-10-15)24-22(26)16-3-5-17(6-4-16)29-20-8-7-18(13-19(20)23)30(2,27)28/h3-8,13-15,21H,9-12,23H2,1-2H3,(H,24,26)/t14-,21-/m0/s1. The number of sulfone groups is 1. The second-order valence-electron chi connectivity index (χ2n) is 8.21. The number of rotatable bonds is 5. The largest absolute Gasteiger partial charge is 0.455 e. The Morgan fingerprint density at radius 1 is 1.13 bits per heavy atom. The van der Waals surface area contributed by atoms with Crippen LogP contribution in [0.4, 0.5) is 5.69 Å². The smallest absolute Gasteiger partial charge is 0.251 e. The van der Waals surface area contributed by atoms with Crippen LogP contribution < -0.4 is 15.8 Å². The zero-order valence-corrected chi connectivity index (χ0v) is 18.0. The molecular weight excluding hydrogens is 402 g/mol. The summed E-state index contributed by atoms with van der Waals surface area (Å²) in [4.78, 5) is 15.3. The van der Waals surface area contributed by atoms with E-state index in [-0.39, 0.29) is 22.5 Å². The highest BCUT2D eigenvalue weighted by molar-refractivity contribution is 7.90. The Bertz CT molecular complexity index is 1040. The number of ether oxygens (including phenoxy) is 1. The molecule has 2 atom stereocenters. The summed E-state index contributed by atoms with van der Waals surface area (Å²) < 4.78 is 29.0. The van der Waals surface area contributed by atoms with Gasteiger partial charge in [-0.3, -0.25) is 9.69 Å². The number of nitrogens with zero attached hydrogens (tertiary/aromatic N) is 1. The molecular formula is C22H27N3O4S. The first kappa shape index (κ1) is 20.7. The highest BCUT2D eigenvalue weighted by Gasteiger charge is 2.40. The van der Waals surface area contributed by atoms with E-state index in [4.69, 9.17) is 10.5 Å². The first-order chi connectivity index (χ1) is 14.2. The number of hydrogen-bond acceptors (Lipinski definition) is 6. The summed E-state index contributed by atoms with van der Waals surface area (Å²) in [7, 11) is -3.33. The molecule has 0 unspecified atom stereocenters. The Balaban J connectivity index is 1.42. The number of amides is 1. The summed E-state index contributed by atoms with van der Waals surface area (Å²) in [5.41, 5.74) is 6.74. The Hall–Kier alpha value is -2.58. The number of carbonyl (C=O) groups excluding carboxylic acids is 1. The molecule has 3 N–H and O–H groups in total. The van der Waals surface area contributed by atoms with Crippen molar-refractivity contribution < 1.29 is 17.9 Å². The maximum Gasteiger partial charge on any atom is 0.251 e. The van der Waals surface area contributed by atoms with Crippen LogP contribution in [0.5, 0.6) is 11.5 Å².